The van der Waals surface area contributed by atoms with E-state index in [1.165, 1.54) is 0 Å². The fourth-order valence-corrected chi connectivity index (χ4v) is 8.70. The van der Waals surface area contributed by atoms with Gasteiger partial charge in [-0.05, 0) is 121 Å². The lowest BCUT2D eigenvalue weighted by atomic mass is 9.79. The minimum atomic E-state index is -0.359. The molecule has 0 unspecified atom stereocenters. The van der Waals surface area contributed by atoms with Gasteiger partial charge in [-0.1, -0.05) is 187 Å². The first-order valence-electron chi connectivity index (χ1n) is 24.5. The van der Waals surface area contributed by atoms with Gasteiger partial charge in [0.1, 0.15) is 11.6 Å². The van der Waals surface area contributed by atoms with Crippen LogP contribution in [0.5, 0.6) is 5.75 Å². The van der Waals surface area contributed by atoms with E-state index in [0.717, 1.165) is 66.8 Å². The summed E-state index contributed by atoms with van der Waals surface area (Å²) in [5, 5.41) is 12.4. The van der Waals surface area contributed by atoms with E-state index in [4.69, 9.17) is 15.5 Å². The van der Waals surface area contributed by atoms with Crippen molar-refractivity contribution in [2.45, 2.75) is 52.4 Å². The second-order valence-electron chi connectivity index (χ2n) is 19.0. The number of hydrogen-bond acceptors (Lipinski definition) is 3. The number of rotatable bonds is 8. The molecule has 4 nitrogen and oxygen atoms in total. The zero-order valence-electron chi connectivity index (χ0n) is 42.1. The summed E-state index contributed by atoms with van der Waals surface area (Å²) in [6.45, 7) is 13.0. The number of phenols is 1. The highest BCUT2D eigenvalue weighted by atomic mass is 16.3. The first kappa shape index (κ1) is 37.5. The summed E-state index contributed by atoms with van der Waals surface area (Å²) in [7, 11) is 0. The Hall–Kier alpha value is -7.82. The van der Waals surface area contributed by atoms with Crippen LogP contribution < -0.4 is 0 Å². The van der Waals surface area contributed by atoms with Gasteiger partial charge in [0, 0.05) is 28.6 Å². The van der Waals surface area contributed by atoms with Crippen LogP contribution in [0.25, 0.3) is 95.0 Å². The van der Waals surface area contributed by atoms with Gasteiger partial charge in [-0.25, -0.2) is 4.98 Å². The van der Waals surface area contributed by atoms with Gasteiger partial charge >= 0.3 is 0 Å². The second-order valence-corrected chi connectivity index (χ2v) is 19.0. The fraction of sp³-hybridized carbons (Fsp3) is 0.129. The average Bonchev–Trinajstić information content (AvgIpc) is 3.76. The highest BCUT2D eigenvalue weighted by Crippen LogP contribution is 2.45. The van der Waals surface area contributed by atoms with Crippen LogP contribution >= 0.6 is 0 Å². The van der Waals surface area contributed by atoms with Crippen molar-refractivity contribution in [2.75, 3.05) is 0 Å². The number of para-hydroxylation sites is 1. The van der Waals surface area contributed by atoms with Gasteiger partial charge in [0.25, 0.3) is 0 Å². The minimum Gasteiger partial charge on any atom is -0.507 e. The average molecular weight is 860 g/mol. The van der Waals surface area contributed by atoms with Crippen molar-refractivity contribution in [3.63, 3.8) is 0 Å². The van der Waals surface area contributed by atoms with E-state index in [1.54, 1.807) is 24.4 Å². The highest BCUT2D eigenvalue weighted by Gasteiger charge is 2.29. The number of fused-ring (bicyclic) bond motifs is 1. The van der Waals surface area contributed by atoms with E-state index in [2.05, 4.69) is 143 Å². The Morgan fingerprint density at radius 1 is 0.455 bits per heavy atom. The zero-order chi connectivity index (χ0) is 49.1. The van der Waals surface area contributed by atoms with Gasteiger partial charge in [0.2, 0.25) is 0 Å². The summed E-state index contributed by atoms with van der Waals surface area (Å²) < 4.78 is 38.5. The van der Waals surface area contributed by atoms with Gasteiger partial charge in [0.15, 0.2) is 0 Å². The van der Waals surface area contributed by atoms with Crippen molar-refractivity contribution in [1.82, 2.24) is 14.5 Å². The summed E-state index contributed by atoms with van der Waals surface area (Å²) >= 11 is 0. The minimum absolute atomic E-state index is 0.0963. The van der Waals surface area contributed by atoms with Crippen LogP contribution in [0.1, 0.15) is 58.2 Å². The van der Waals surface area contributed by atoms with Crippen molar-refractivity contribution in [3.05, 3.63) is 217 Å². The number of nitrogens with zero attached hydrogens (tertiary/aromatic N) is 3. The molecule has 0 spiro atoms. The Bertz CT molecular complexity index is 3560. The van der Waals surface area contributed by atoms with Crippen LogP contribution in [0.3, 0.4) is 0 Å². The highest BCUT2D eigenvalue weighted by molar-refractivity contribution is 5.98. The third-order valence-corrected chi connectivity index (χ3v) is 12.3. The van der Waals surface area contributed by atoms with Crippen LogP contribution in [-0.2, 0) is 10.8 Å². The quantitative estimate of drug-likeness (QED) is 0.166. The number of hydrogen-bond donors (Lipinski definition) is 1. The number of pyridine rings is 1. The third kappa shape index (κ3) is 8.23. The first-order valence-corrected chi connectivity index (χ1v) is 22.5. The summed E-state index contributed by atoms with van der Waals surface area (Å²) in [5.41, 5.74) is 13.5. The molecule has 0 radical (unpaired) electrons. The maximum Gasteiger partial charge on any atom is 0.149 e. The lowest BCUT2D eigenvalue weighted by Crippen LogP contribution is -2.17. The summed E-state index contributed by atoms with van der Waals surface area (Å²) in [6.07, 6.45) is 1.67. The van der Waals surface area contributed by atoms with Crippen LogP contribution in [0.4, 0.5) is 0 Å². The normalized spacial score (nSPS) is 12.7. The van der Waals surface area contributed by atoms with E-state index in [9.17, 15) is 5.11 Å². The van der Waals surface area contributed by atoms with Crippen molar-refractivity contribution >= 4 is 11.0 Å². The largest absolute Gasteiger partial charge is 0.507 e. The number of aromatic hydroxyl groups is 1. The van der Waals surface area contributed by atoms with Crippen LogP contribution in [-0.4, -0.2) is 19.6 Å². The predicted molar refractivity (Wildman–Crippen MR) is 276 cm³/mol. The molecule has 66 heavy (non-hydrogen) atoms. The van der Waals surface area contributed by atoms with Gasteiger partial charge in [-0.15, -0.1) is 0 Å². The number of imidazole rings is 1. The molecule has 0 saturated heterocycles. The molecule has 0 aliphatic carbocycles. The Labute approximate surface area is 394 Å². The molecular formula is C62H53N3O. The summed E-state index contributed by atoms with van der Waals surface area (Å²) in [4.78, 5) is 10.4. The van der Waals surface area contributed by atoms with E-state index < -0.39 is 0 Å². The Kier molecular flexibility index (Phi) is 9.64. The Morgan fingerprint density at radius 3 is 1.61 bits per heavy atom. The number of benzene rings is 8. The van der Waals surface area contributed by atoms with E-state index in [-0.39, 0.29) is 51.9 Å². The van der Waals surface area contributed by atoms with Crippen molar-refractivity contribution in [2.24, 2.45) is 0 Å². The molecular weight excluding hydrogens is 803 g/mol. The van der Waals surface area contributed by atoms with Gasteiger partial charge in [-0.2, -0.15) is 0 Å². The van der Waals surface area contributed by atoms with Crippen molar-refractivity contribution in [1.29, 1.82) is 0 Å². The van der Waals surface area contributed by atoms with Gasteiger partial charge in [0.05, 0.1) is 27.8 Å². The molecule has 10 aromatic rings. The standard InChI is InChI=1S/C62H53N3O/c1-61(2,3)51-39-54(59(66)55(40-51)62(4,5)6)60-64-58-53(23-16-24-57(58)65(60)52-31-29-45(30-32-52)42-19-12-8-13-20-42)49-35-48(43-21-14-9-15-22-43)36-50(37-49)56-38-47(33-34-63-56)46-27-25-44(26-28-46)41-17-10-7-11-18-41/h7-40,66H,1-6H3/i25D,26D,27D,28D. The number of phenolic OH excluding ortho intramolecular Hbond substituents is 1. The Morgan fingerprint density at radius 2 is 1.00 bits per heavy atom. The second kappa shape index (κ2) is 17.0. The predicted octanol–water partition coefficient (Wildman–Crippen LogP) is 16.4. The van der Waals surface area contributed by atoms with E-state index in [1.807, 2.05) is 60.7 Å². The maximum absolute atomic E-state index is 12.4. The number of aromatic nitrogens is 3. The molecule has 2 aromatic heterocycles. The molecule has 2 heterocycles. The molecule has 0 fully saturated rings. The molecule has 0 bridgehead atoms. The molecule has 8 aromatic carbocycles. The first-order chi connectivity index (χ1) is 33.6. The van der Waals surface area contributed by atoms with Crippen molar-refractivity contribution < 1.29 is 10.6 Å². The molecule has 1 N–H and O–H groups in total. The SMILES string of the molecule is [2H]c1c([2H])c(-c2ccnc(-c3cc(-c4ccccc4)cc(-c4cccc5c4nc(-c4cc(C(C)(C)C)cc(C(C)(C)C)c4O)n5-c4ccc(-c5ccccc5)cc4)c3)c2)c([2H])c([2H])c1-c1ccccc1. The molecule has 0 saturated carbocycles. The molecule has 0 atom stereocenters. The lowest BCUT2D eigenvalue weighted by Gasteiger charge is -2.27. The molecule has 0 aliphatic rings. The van der Waals surface area contributed by atoms with Crippen LogP contribution in [0, 0.1) is 0 Å². The van der Waals surface area contributed by atoms with Gasteiger partial charge in [-0.3, -0.25) is 9.55 Å². The van der Waals surface area contributed by atoms with E-state index >= 15 is 0 Å². The van der Waals surface area contributed by atoms with Gasteiger partial charge < -0.3 is 5.11 Å². The van der Waals surface area contributed by atoms with Crippen LogP contribution in [0.15, 0.2) is 206 Å². The van der Waals surface area contributed by atoms with E-state index in [0.29, 0.717) is 28.2 Å². The zero-order valence-corrected chi connectivity index (χ0v) is 38.1. The van der Waals surface area contributed by atoms with Crippen molar-refractivity contribution in [3.8, 4) is 89.7 Å². The molecule has 322 valence electrons. The molecule has 0 amide bonds. The molecule has 0 aliphatic heterocycles. The Balaban J connectivity index is 1.19. The lowest BCUT2D eigenvalue weighted by molar-refractivity contribution is 0.446. The smallest absolute Gasteiger partial charge is 0.149 e. The summed E-state index contributed by atoms with van der Waals surface area (Å²) in [5.74, 6) is 0.825. The molecule has 10 rings (SSSR count). The monoisotopic (exact) mass is 859 g/mol. The molecule has 4 heteroatoms. The van der Waals surface area contributed by atoms with Crippen LogP contribution in [0.2, 0.25) is 0 Å². The summed E-state index contributed by atoms with van der Waals surface area (Å²) in [6, 6.07) is 58.2. The third-order valence-electron chi connectivity index (χ3n) is 12.3. The maximum atomic E-state index is 12.4. The fourth-order valence-electron chi connectivity index (χ4n) is 8.70. The topological polar surface area (TPSA) is 50.9 Å².